The van der Waals surface area contributed by atoms with Crippen LogP contribution in [0.5, 0.6) is 0 Å². The first-order valence-electron chi connectivity index (χ1n) is 6.23. The van der Waals surface area contributed by atoms with Gasteiger partial charge in [-0.15, -0.1) is 0 Å². The highest BCUT2D eigenvalue weighted by molar-refractivity contribution is 5.95. The molecule has 0 spiro atoms. The number of ether oxygens (including phenoxy) is 1. The van der Waals surface area contributed by atoms with E-state index in [0.717, 1.165) is 0 Å². The van der Waals surface area contributed by atoms with E-state index in [-0.39, 0.29) is 12.6 Å². The van der Waals surface area contributed by atoms with Crippen LogP contribution in [0.15, 0.2) is 12.1 Å². The summed E-state index contributed by atoms with van der Waals surface area (Å²) >= 11 is 0. The second-order valence-corrected chi connectivity index (χ2v) is 4.45. The van der Waals surface area contributed by atoms with Crippen LogP contribution < -0.4 is 10.6 Å². The summed E-state index contributed by atoms with van der Waals surface area (Å²) in [5.41, 5.74) is -1.78. The number of hydrogen-bond donors (Lipinski definition) is 2. The number of hydrogen-bond acceptors (Lipinski definition) is 5. The van der Waals surface area contributed by atoms with Gasteiger partial charge < -0.3 is 15.4 Å². The number of nitro groups is 1. The molecule has 114 valence electrons. The fourth-order valence-electron chi connectivity index (χ4n) is 1.93. The molecule has 1 unspecified atom stereocenters. The lowest BCUT2D eigenvalue weighted by atomic mass is 10.1. The van der Waals surface area contributed by atoms with Crippen LogP contribution in [0.1, 0.15) is 10.4 Å². The van der Waals surface area contributed by atoms with E-state index in [4.69, 9.17) is 4.74 Å². The van der Waals surface area contributed by atoms with Crippen molar-refractivity contribution in [1.82, 2.24) is 10.6 Å². The third-order valence-corrected chi connectivity index (χ3v) is 2.95. The quantitative estimate of drug-likeness (QED) is 0.627. The molecular weight excluding hydrogens is 288 g/mol. The van der Waals surface area contributed by atoms with Crippen LogP contribution in [-0.2, 0) is 4.74 Å². The minimum Gasteiger partial charge on any atom is -0.374 e. The minimum absolute atomic E-state index is 0.0928. The molecule has 2 rings (SSSR count). The van der Waals surface area contributed by atoms with Gasteiger partial charge in [-0.25, -0.2) is 4.39 Å². The second-order valence-electron chi connectivity index (χ2n) is 4.45. The Hall–Kier alpha value is -2.13. The lowest BCUT2D eigenvalue weighted by Crippen LogP contribution is -2.45. The maximum absolute atomic E-state index is 13.8. The molecule has 0 radical (unpaired) electrons. The first-order chi connectivity index (χ1) is 9.99. The van der Waals surface area contributed by atoms with E-state index in [1.807, 2.05) is 0 Å². The molecule has 0 aromatic heterocycles. The van der Waals surface area contributed by atoms with Gasteiger partial charge in [-0.05, 0) is 6.07 Å². The Morgan fingerprint density at radius 3 is 2.90 bits per heavy atom. The van der Waals surface area contributed by atoms with Crippen LogP contribution in [0.2, 0.25) is 0 Å². The Morgan fingerprint density at radius 2 is 2.29 bits per heavy atom. The molecule has 1 aliphatic heterocycles. The topological polar surface area (TPSA) is 93.5 Å². The van der Waals surface area contributed by atoms with Crippen LogP contribution in [0.4, 0.5) is 14.5 Å². The zero-order valence-electron chi connectivity index (χ0n) is 10.9. The molecular formula is C12H13F2N3O4. The second kappa shape index (κ2) is 6.55. The smallest absolute Gasteiger partial charge is 0.308 e. The van der Waals surface area contributed by atoms with Gasteiger partial charge in [-0.1, -0.05) is 0 Å². The molecule has 1 aromatic rings. The van der Waals surface area contributed by atoms with Gasteiger partial charge in [-0.2, -0.15) is 4.39 Å². The average Bonchev–Trinajstić information content (AvgIpc) is 2.47. The molecule has 21 heavy (non-hydrogen) atoms. The lowest BCUT2D eigenvalue weighted by Gasteiger charge is -2.23. The van der Waals surface area contributed by atoms with E-state index >= 15 is 0 Å². The van der Waals surface area contributed by atoms with Gasteiger partial charge in [0.15, 0.2) is 0 Å². The summed E-state index contributed by atoms with van der Waals surface area (Å²) in [6.45, 7) is 1.80. The molecule has 1 atom stereocenters. The Balaban J connectivity index is 2.09. The predicted molar refractivity (Wildman–Crippen MR) is 68.0 cm³/mol. The van der Waals surface area contributed by atoms with Crippen molar-refractivity contribution in [1.29, 1.82) is 0 Å². The van der Waals surface area contributed by atoms with Crippen molar-refractivity contribution in [2.45, 2.75) is 6.10 Å². The molecule has 1 amide bonds. The number of nitrogens with one attached hydrogen (secondary N) is 2. The van der Waals surface area contributed by atoms with Gasteiger partial charge in [0.05, 0.1) is 29.3 Å². The van der Waals surface area contributed by atoms with E-state index in [2.05, 4.69) is 10.6 Å². The van der Waals surface area contributed by atoms with Crippen molar-refractivity contribution in [2.24, 2.45) is 0 Å². The van der Waals surface area contributed by atoms with Crippen molar-refractivity contribution in [3.05, 3.63) is 39.4 Å². The Labute approximate surface area is 118 Å². The highest BCUT2D eigenvalue weighted by Crippen LogP contribution is 2.22. The van der Waals surface area contributed by atoms with E-state index in [0.29, 0.717) is 31.8 Å². The third-order valence-electron chi connectivity index (χ3n) is 2.95. The van der Waals surface area contributed by atoms with E-state index in [1.54, 1.807) is 0 Å². The van der Waals surface area contributed by atoms with Gasteiger partial charge in [0.1, 0.15) is 5.82 Å². The summed E-state index contributed by atoms with van der Waals surface area (Å²) in [5.74, 6) is -3.34. The fraction of sp³-hybridized carbons (Fsp3) is 0.417. The Bertz CT molecular complexity index is 562. The Morgan fingerprint density at radius 1 is 1.52 bits per heavy atom. The lowest BCUT2D eigenvalue weighted by molar-refractivity contribution is -0.387. The SMILES string of the molecule is O=C(NCC1CNCCO1)c1cc(F)cc([N+](=O)[O-])c1F. The highest BCUT2D eigenvalue weighted by Gasteiger charge is 2.24. The molecule has 9 heteroatoms. The van der Waals surface area contributed by atoms with Crippen molar-refractivity contribution >= 4 is 11.6 Å². The number of carbonyl (C=O) groups excluding carboxylic acids is 1. The first-order valence-corrected chi connectivity index (χ1v) is 6.23. The first kappa shape index (κ1) is 15.3. The fourth-order valence-corrected chi connectivity index (χ4v) is 1.93. The van der Waals surface area contributed by atoms with Crippen LogP contribution >= 0.6 is 0 Å². The number of benzene rings is 1. The average molecular weight is 301 g/mol. The molecule has 1 saturated heterocycles. The van der Waals surface area contributed by atoms with Crippen molar-refractivity contribution in [2.75, 3.05) is 26.2 Å². The number of amides is 1. The predicted octanol–water partition coefficient (Wildman–Crippen LogP) is 0.591. The number of morpholine rings is 1. The maximum Gasteiger partial charge on any atom is 0.308 e. The molecule has 1 aliphatic rings. The summed E-state index contributed by atoms with van der Waals surface area (Å²) in [7, 11) is 0. The number of nitro benzene ring substituents is 1. The van der Waals surface area contributed by atoms with Gasteiger partial charge in [0, 0.05) is 19.6 Å². The molecule has 0 aliphatic carbocycles. The molecule has 7 nitrogen and oxygen atoms in total. The van der Waals surface area contributed by atoms with Gasteiger partial charge in [-0.3, -0.25) is 14.9 Å². The van der Waals surface area contributed by atoms with Crippen LogP contribution in [0.25, 0.3) is 0 Å². The Kier molecular flexibility index (Phi) is 4.76. The van der Waals surface area contributed by atoms with Crippen LogP contribution in [-0.4, -0.2) is 43.2 Å². The van der Waals surface area contributed by atoms with Crippen molar-refractivity contribution in [3.63, 3.8) is 0 Å². The zero-order valence-corrected chi connectivity index (χ0v) is 10.9. The summed E-state index contributed by atoms with van der Waals surface area (Å²) in [5, 5.41) is 16.0. The molecule has 0 bridgehead atoms. The minimum atomic E-state index is -1.36. The van der Waals surface area contributed by atoms with E-state index < -0.39 is 33.7 Å². The molecule has 1 heterocycles. The van der Waals surface area contributed by atoms with Crippen molar-refractivity contribution < 1.29 is 23.2 Å². The van der Waals surface area contributed by atoms with Gasteiger partial charge >= 0.3 is 5.69 Å². The van der Waals surface area contributed by atoms with Crippen molar-refractivity contribution in [3.8, 4) is 0 Å². The standard InChI is InChI=1S/C12H13F2N3O4/c13-7-3-9(11(14)10(4-7)17(19)20)12(18)16-6-8-5-15-1-2-21-8/h3-4,8,15H,1-2,5-6H2,(H,16,18). The van der Waals surface area contributed by atoms with Crippen LogP contribution in [0.3, 0.4) is 0 Å². The summed E-state index contributed by atoms with van der Waals surface area (Å²) in [6, 6.07) is 1.05. The monoisotopic (exact) mass is 301 g/mol. The molecule has 0 saturated carbocycles. The number of rotatable bonds is 4. The number of halogens is 2. The normalized spacial score (nSPS) is 18.3. The maximum atomic E-state index is 13.8. The molecule has 2 N–H and O–H groups in total. The number of nitrogens with zero attached hydrogens (tertiary/aromatic N) is 1. The van der Waals surface area contributed by atoms with Crippen LogP contribution in [0, 0.1) is 21.7 Å². The summed E-state index contributed by atoms with van der Waals surface area (Å²) in [6.07, 6.45) is -0.283. The third kappa shape index (κ3) is 3.70. The van der Waals surface area contributed by atoms with E-state index in [9.17, 15) is 23.7 Å². The summed E-state index contributed by atoms with van der Waals surface area (Å²) in [4.78, 5) is 21.3. The highest BCUT2D eigenvalue weighted by atomic mass is 19.1. The molecule has 1 fully saturated rings. The van der Waals surface area contributed by atoms with E-state index in [1.165, 1.54) is 0 Å². The van der Waals surface area contributed by atoms with Gasteiger partial charge in [0.25, 0.3) is 5.91 Å². The summed E-state index contributed by atoms with van der Waals surface area (Å²) < 4.78 is 32.4. The number of carbonyl (C=O) groups is 1. The van der Waals surface area contributed by atoms with Gasteiger partial charge in [0.2, 0.25) is 5.82 Å². The zero-order chi connectivity index (χ0) is 15.4. The largest absolute Gasteiger partial charge is 0.374 e. The molecule has 1 aromatic carbocycles.